The van der Waals surface area contributed by atoms with Gasteiger partial charge >= 0.3 is 0 Å². The van der Waals surface area contributed by atoms with Crippen molar-refractivity contribution in [2.75, 3.05) is 6.54 Å². The molecule has 1 amide bonds. The molecule has 0 saturated heterocycles. The van der Waals surface area contributed by atoms with Gasteiger partial charge in [0.25, 0.3) is 11.7 Å². The molecular weight excluding hydrogens is 218 g/mol. The number of hydrogen-bond acceptors (Lipinski definition) is 3. The van der Waals surface area contributed by atoms with Gasteiger partial charge in [0.1, 0.15) is 0 Å². The standard InChI is InChI=1S/C12H19N3O2/c1-5-6-7-13-12(17)11(16)10-8(2)14-15(4)9(10)3/h5-7H2,1-4H3,(H,13,17). The number of Topliss-reactive ketones (excluding diaryl/α,β-unsaturated/α-hetero) is 1. The third-order valence-corrected chi connectivity index (χ3v) is 2.76. The van der Waals surface area contributed by atoms with E-state index in [2.05, 4.69) is 10.4 Å². The summed E-state index contributed by atoms with van der Waals surface area (Å²) in [5.74, 6) is -1.04. The number of carbonyl (C=O) groups excluding carboxylic acids is 2. The van der Waals surface area contributed by atoms with Crippen LogP contribution in [0.4, 0.5) is 0 Å². The van der Waals surface area contributed by atoms with E-state index < -0.39 is 11.7 Å². The number of amides is 1. The number of hydrogen-bond donors (Lipinski definition) is 1. The number of nitrogens with zero attached hydrogens (tertiary/aromatic N) is 2. The molecule has 1 aromatic rings. The van der Waals surface area contributed by atoms with Crippen molar-refractivity contribution in [2.45, 2.75) is 33.6 Å². The van der Waals surface area contributed by atoms with Gasteiger partial charge in [0.05, 0.1) is 11.3 Å². The van der Waals surface area contributed by atoms with Crippen molar-refractivity contribution in [3.05, 3.63) is 17.0 Å². The van der Waals surface area contributed by atoms with Gasteiger partial charge < -0.3 is 5.32 Å². The summed E-state index contributed by atoms with van der Waals surface area (Å²) in [6.45, 7) is 6.09. The highest BCUT2D eigenvalue weighted by atomic mass is 16.2. The molecule has 94 valence electrons. The summed E-state index contributed by atoms with van der Waals surface area (Å²) in [5.41, 5.74) is 1.74. The van der Waals surface area contributed by atoms with Gasteiger partial charge in [-0.2, -0.15) is 5.10 Å². The van der Waals surface area contributed by atoms with E-state index in [9.17, 15) is 9.59 Å². The number of nitrogens with one attached hydrogen (secondary N) is 1. The molecule has 0 spiro atoms. The van der Waals surface area contributed by atoms with Crippen molar-refractivity contribution in [1.29, 1.82) is 0 Å². The van der Waals surface area contributed by atoms with Gasteiger partial charge in [-0.25, -0.2) is 0 Å². The van der Waals surface area contributed by atoms with Crippen LogP contribution < -0.4 is 5.32 Å². The van der Waals surface area contributed by atoms with Crippen LogP contribution >= 0.6 is 0 Å². The molecule has 0 bridgehead atoms. The molecule has 5 heteroatoms. The average molecular weight is 237 g/mol. The minimum Gasteiger partial charge on any atom is -0.349 e. The van der Waals surface area contributed by atoms with Gasteiger partial charge in [-0.3, -0.25) is 14.3 Å². The Morgan fingerprint density at radius 2 is 2.00 bits per heavy atom. The Hall–Kier alpha value is -1.65. The van der Waals surface area contributed by atoms with E-state index in [1.807, 2.05) is 6.92 Å². The van der Waals surface area contributed by atoms with Crippen LogP contribution in [0.5, 0.6) is 0 Å². The highest BCUT2D eigenvalue weighted by Crippen LogP contribution is 2.12. The molecule has 0 aliphatic heterocycles. The van der Waals surface area contributed by atoms with Crippen molar-refractivity contribution in [3.63, 3.8) is 0 Å². The van der Waals surface area contributed by atoms with Gasteiger partial charge in [-0.15, -0.1) is 0 Å². The Morgan fingerprint density at radius 3 is 2.47 bits per heavy atom. The molecule has 1 heterocycles. The molecule has 0 unspecified atom stereocenters. The number of aryl methyl sites for hydroxylation is 2. The fraction of sp³-hybridized carbons (Fsp3) is 0.583. The van der Waals surface area contributed by atoms with Crippen LogP contribution in [0.1, 0.15) is 41.5 Å². The van der Waals surface area contributed by atoms with E-state index in [1.54, 1.807) is 25.6 Å². The van der Waals surface area contributed by atoms with Gasteiger partial charge in [-0.05, 0) is 20.3 Å². The lowest BCUT2D eigenvalue weighted by Crippen LogP contribution is -2.32. The molecule has 0 aliphatic carbocycles. The van der Waals surface area contributed by atoms with Crippen molar-refractivity contribution in [3.8, 4) is 0 Å². The fourth-order valence-corrected chi connectivity index (χ4v) is 1.67. The third-order valence-electron chi connectivity index (χ3n) is 2.76. The van der Waals surface area contributed by atoms with Gasteiger partial charge in [0.2, 0.25) is 0 Å². The Kier molecular flexibility index (Phi) is 4.43. The van der Waals surface area contributed by atoms with Crippen molar-refractivity contribution < 1.29 is 9.59 Å². The zero-order valence-electron chi connectivity index (χ0n) is 10.8. The first-order chi connectivity index (χ1) is 7.99. The van der Waals surface area contributed by atoms with Crippen LogP contribution in [-0.4, -0.2) is 28.0 Å². The molecule has 5 nitrogen and oxygen atoms in total. The Bertz CT molecular complexity index is 435. The van der Waals surface area contributed by atoms with Gasteiger partial charge in [0.15, 0.2) is 0 Å². The molecule has 0 saturated carbocycles. The second-order valence-corrected chi connectivity index (χ2v) is 4.11. The lowest BCUT2D eigenvalue weighted by atomic mass is 10.1. The second-order valence-electron chi connectivity index (χ2n) is 4.11. The number of unbranched alkanes of at least 4 members (excludes halogenated alkanes) is 1. The molecule has 0 aliphatic rings. The van der Waals surface area contributed by atoms with Crippen LogP contribution in [0, 0.1) is 13.8 Å². The van der Waals surface area contributed by atoms with Crippen molar-refractivity contribution >= 4 is 11.7 Å². The lowest BCUT2D eigenvalue weighted by Gasteiger charge is -2.03. The first-order valence-corrected chi connectivity index (χ1v) is 5.81. The number of carbonyl (C=O) groups is 2. The van der Waals surface area contributed by atoms with Crippen LogP contribution in [-0.2, 0) is 11.8 Å². The predicted octanol–water partition coefficient (Wildman–Crippen LogP) is 1.14. The summed E-state index contributed by atoms with van der Waals surface area (Å²) in [7, 11) is 1.76. The Balaban J connectivity index is 2.79. The van der Waals surface area contributed by atoms with E-state index in [0.717, 1.165) is 18.5 Å². The highest BCUT2D eigenvalue weighted by Gasteiger charge is 2.23. The number of aromatic nitrogens is 2. The summed E-state index contributed by atoms with van der Waals surface area (Å²) in [6.07, 6.45) is 1.86. The summed E-state index contributed by atoms with van der Waals surface area (Å²) in [5, 5.41) is 6.75. The maximum Gasteiger partial charge on any atom is 0.292 e. The molecule has 0 radical (unpaired) electrons. The Labute approximate surface area is 101 Å². The first kappa shape index (κ1) is 13.4. The molecule has 17 heavy (non-hydrogen) atoms. The van der Waals surface area contributed by atoms with Crippen molar-refractivity contribution in [1.82, 2.24) is 15.1 Å². The van der Waals surface area contributed by atoms with E-state index in [4.69, 9.17) is 0 Å². The van der Waals surface area contributed by atoms with Crippen LogP contribution in [0.2, 0.25) is 0 Å². The third kappa shape index (κ3) is 2.93. The zero-order chi connectivity index (χ0) is 13.0. The molecule has 1 rings (SSSR count). The van der Waals surface area contributed by atoms with Crippen LogP contribution in [0.15, 0.2) is 0 Å². The summed E-state index contributed by atoms with van der Waals surface area (Å²) >= 11 is 0. The minimum atomic E-state index is -0.544. The summed E-state index contributed by atoms with van der Waals surface area (Å²) < 4.78 is 1.61. The minimum absolute atomic E-state index is 0.418. The average Bonchev–Trinajstić information content (AvgIpc) is 2.52. The molecule has 0 fully saturated rings. The van der Waals surface area contributed by atoms with E-state index in [-0.39, 0.29) is 0 Å². The molecule has 0 atom stereocenters. The largest absolute Gasteiger partial charge is 0.349 e. The molecular formula is C12H19N3O2. The highest BCUT2D eigenvalue weighted by molar-refractivity contribution is 6.43. The smallest absolute Gasteiger partial charge is 0.292 e. The number of rotatable bonds is 5. The van der Waals surface area contributed by atoms with Gasteiger partial charge in [0, 0.05) is 19.3 Å². The SMILES string of the molecule is CCCCNC(=O)C(=O)c1c(C)nn(C)c1C. The zero-order valence-corrected chi connectivity index (χ0v) is 10.8. The van der Waals surface area contributed by atoms with E-state index in [0.29, 0.717) is 17.8 Å². The second kappa shape index (κ2) is 5.61. The molecule has 1 N–H and O–H groups in total. The van der Waals surface area contributed by atoms with Crippen LogP contribution in [0.25, 0.3) is 0 Å². The number of ketones is 1. The maximum atomic E-state index is 11.9. The molecule has 0 aromatic carbocycles. The fourth-order valence-electron chi connectivity index (χ4n) is 1.67. The first-order valence-electron chi connectivity index (χ1n) is 5.81. The summed E-state index contributed by atoms with van der Waals surface area (Å²) in [4.78, 5) is 23.6. The lowest BCUT2D eigenvalue weighted by molar-refractivity contribution is -0.117. The maximum absolute atomic E-state index is 11.9. The van der Waals surface area contributed by atoms with Crippen molar-refractivity contribution in [2.24, 2.45) is 7.05 Å². The normalized spacial score (nSPS) is 10.4. The topological polar surface area (TPSA) is 64.0 Å². The van der Waals surface area contributed by atoms with E-state index in [1.165, 1.54) is 0 Å². The van der Waals surface area contributed by atoms with Gasteiger partial charge in [-0.1, -0.05) is 13.3 Å². The quantitative estimate of drug-likeness (QED) is 0.474. The van der Waals surface area contributed by atoms with Crippen LogP contribution in [0.3, 0.4) is 0 Å². The van der Waals surface area contributed by atoms with E-state index >= 15 is 0 Å². The molecule has 1 aromatic heterocycles. The monoisotopic (exact) mass is 237 g/mol. The predicted molar refractivity (Wildman–Crippen MR) is 64.9 cm³/mol. The summed E-state index contributed by atoms with van der Waals surface area (Å²) in [6, 6.07) is 0. The Morgan fingerprint density at radius 1 is 1.35 bits per heavy atom.